The first-order chi connectivity index (χ1) is 6.54. The van der Waals surface area contributed by atoms with E-state index >= 15 is 0 Å². The molecule has 0 aromatic heterocycles. The lowest BCUT2D eigenvalue weighted by Crippen LogP contribution is -2.36. The highest BCUT2D eigenvalue weighted by Crippen LogP contribution is 2.38. The van der Waals surface area contributed by atoms with Crippen LogP contribution in [0, 0.1) is 23.7 Å². The van der Waals surface area contributed by atoms with Crippen LogP contribution >= 0.6 is 0 Å². The molecular weight excluding hydrogens is 172 g/mol. The molecule has 1 rings (SSSR count). The molecule has 1 aliphatic carbocycles. The summed E-state index contributed by atoms with van der Waals surface area (Å²) < 4.78 is 0. The molecule has 0 saturated heterocycles. The van der Waals surface area contributed by atoms with E-state index in [4.69, 9.17) is 0 Å². The largest absolute Gasteiger partial charge is 0.393 e. The van der Waals surface area contributed by atoms with Crippen LogP contribution in [-0.4, -0.2) is 11.2 Å². The molecule has 0 aromatic rings. The van der Waals surface area contributed by atoms with Crippen molar-refractivity contribution < 1.29 is 5.11 Å². The van der Waals surface area contributed by atoms with Crippen LogP contribution in [0.4, 0.5) is 0 Å². The highest BCUT2D eigenvalue weighted by molar-refractivity contribution is 4.83. The topological polar surface area (TPSA) is 20.2 Å². The molecule has 1 heteroatoms. The Morgan fingerprint density at radius 1 is 0.929 bits per heavy atom. The summed E-state index contributed by atoms with van der Waals surface area (Å²) in [5.41, 5.74) is 0. The van der Waals surface area contributed by atoms with Crippen LogP contribution in [0.3, 0.4) is 0 Å². The van der Waals surface area contributed by atoms with E-state index < -0.39 is 0 Å². The maximum absolute atomic E-state index is 10.0. The molecule has 14 heavy (non-hydrogen) atoms. The summed E-state index contributed by atoms with van der Waals surface area (Å²) in [6, 6.07) is 0. The van der Waals surface area contributed by atoms with Gasteiger partial charge in [0.25, 0.3) is 0 Å². The number of hydrogen-bond acceptors (Lipinski definition) is 1. The minimum Gasteiger partial charge on any atom is -0.393 e. The molecule has 1 nitrogen and oxygen atoms in total. The third-order valence-electron chi connectivity index (χ3n) is 3.82. The lowest BCUT2D eigenvalue weighted by Gasteiger charge is -2.39. The van der Waals surface area contributed by atoms with Gasteiger partial charge in [-0.2, -0.15) is 0 Å². The molecular formula is C13H26O. The van der Waals surface area contributed by atoms with Crippen molar-refractivity contribution in [1.29, 1.82) is 0 Å². The van der Waals surface area contributed by atoms with E-state index in [1.54, 1.807) is 0 Å². The fourth-order valence-electron chi connectivity index (χ4n) is 3.35. The number of hydrogen-bond donors (Lipinski definition) is 1. The van der Waals surface area contributed by atoms with Gasteiger partial charge >= 0.3 is 0 Å². The Morgan fingerprint density at radius 2 is 1.43 bits per heavy atom. The molecule has 2 unspecified atom stereocenters. The molecule has 0 bridgehead atoms. The first kappa shape index (κ1) is 12.0. The number of aliphatic hydroxyl groups is 1. The van der Waals surface area contributed by atoms with Gasteiger partial charge in [0, 0.05) is 0 Å². The third kappa shape index (κ3) is 2.73. The van der Waals surface area contributed by atoms with E-state index in [1.165, 1.54) is 19.3 Å². The molecule has 84 valence electrons. The second kappa shape index (κ2) is 5.16. The Kier molecular flexibility index (Phi) is 4.43. The zero-order chi connectivity index (χ0) is 10.7. The molecule has 0 radical (unpaired) electrons. The minimum absolute atomic E-state index is 0.0291. The molecule has 1 fully saturated rings. The van der Waals surface area contributed by atoms with Crippen LogP contribution in [0.15, 0.2) is 0 Å². The van der Waals surface area contributed by atoms with Gasteiger partial charge in [0.05, 0.1) is 6.10 Å². The van der Waals surface area contributed by atoms with Gasteiger partial charge in [0.2, 0.25) is 0 Å². The standard InChI is InChI=1S/C13H26O/c1-9(2)13(10(3)4)11-7-5-6-8-12(11)14/h9-14H,5-8H2,1-4H3. The molecule has 1 aliphatic rings. The number of rotatable bonds is 3. The Bertz CT molecular complexity index is 155. The van der Waals surface area contributed by atoms with Gasteiger partial charge in [-0.1, -0.05) is 40.5 Å². The van der Waals surface area contributed by atoms with Crippen molar-refractivity contribution >= 4 is 0 Å². The Balaban J connectivity index is 2.65. The van der Waals surface area contributed by atoms with E-state index in [2.05, 4.69) is 27.7 Å². The second-order valence-corrected chi connectivity index (χ2v) is 5.58. The zero-order valence-corrected chi connectivity index (χ0v) is 10.2. The predicted octanol–water partition coefficient (Wildman–Crippen LogP) is 3.47. The molecule has 1 saturated carbocycles. The summed E-state index contributed by atoms with van der Waals surface area (Å²) in [7, 11) is 0. The van der Waals surface area contributed by atoms with Crippen LogP contribution < -0.4 is 0 Å². The van der Waals surface area contributed by atoms with Crippen LogP contribution in [0.5, 0.6) is 0 Å². The minimum atomic E-state index is -0.0291. The van der Waals surface area contributed by atoms with Gasteiger partial charge in [0.15, 0.2) is 0 Å². The average Bonchev–Trinajstić information content (AvgIpc) is 2.07. The Hall–Kier alpha value is -0.0400. The van der Waals surface area contributed by atoms with E-state index in [0.717, 1.165) is 6.42 Å². The summed E-state index contributed by atoms with van der Waals surface area (Å²) >= 11 is 0. The summed E-state index contributed by atoms with van der Waals surface area (Å²) in [4.78, 5) is 0. The maximum atomic E-state index is 10.0. The van der Waals surface area contributed by atoms with E-state index in [0.29, 0.717) is 23.7 Å². The van der Waals surface area contributed by atoms with Gasteiger partial charge < -0.3 is 5.11 Å². The van der Waals surface area contributed by atoms with Crippen molar-refractivity contribution in [1.82, 2.24) is 0 Å². The summed E-state index contributed by atoms with van der Waals surface area (Å²) in [5, 5.41) is 10.0. The van der Waals surface area contributed by atoms with Crippen molar-refractivity contribution in [2.45, 2.75) is 59.5 Å². The molecule has 0 aliphatic heterocycles. The van der Waals surface area contributed by atoms with E-state index in [1.807, 2.05) is 0 Å². The van der Waals surface area contributed by atoms with E-state index in [-0.39, 0.29) is 6.10 Å². The SMILES string of the molecule is CC(C)C(C(C)C)C1CCCCC1O. The van der Waals surface area contributed by atoms with Crippen LogP contribution in [-0.2, 0) is 0 Å². The van der Waals surface area contributed by atoms with Crippen molar-refractivity contribution in [2.75, 3.05) is 0 Å². The third-order valence-corrected chi connectivity index (χ3v) is 3.82. The molecule has 0 spiro atoms. The Labute approximate surface area is 88.9 Å². The molecule has 0 amide bonds. The predicted molar refractivity (Wildman–Crippen MR) is 61.1 cm³/mol. The van der Waals surface area contributed by atoms with Crippen LogP contribution in [0.2, 0.25) is 0 Å². The summed E-state index contributed by atoms with van der Waals surface area (Å²) in [6.45, 7) is 9.19. The maximum Gasteiger partial charge on any atom is 0.0571 e. The van der Waals surface area contributed by atoms with Gasteiger partial charge in [-0.3, -0.25) is 0 Å². The quantitative estimate of drug-likeness (QED) is 0.736. The monoisotopic (exact) mass is 198 g/mol. The lowest BCUT2D eigenvalue weighted by molar-refractivity contribution is 0.00684. The number of aliphatic hydroxyl groups excluding tert-OH is 1. The van der Waals surface area contributed by atoms with Gasteiger partial charge in [-0.25, -0.2) is 0 Å². The first-order valence-corrected chi connectivity index (χ1v) is 6.22. The van der Waals surface area contributed by atoms with Crippen LogP contribution in [0.1, 0.15) is 53.4 Å². The lowest BCUT2D eigenvalue weighted by atomic mass is 9.69. The summed E-state index contributed by atoms with van der Waals surface area (Å²) in [5.74, 6) is 2.66. The normalized spacial score (nSPS) is 29.1. The fraction of sp³-hybridized carbons (Fsp3) is 1.00. The van der Waals surface area contributed by atoms with Gasteiger partial charge in [-0.05, 0) is 36.5 Å². The summed E-state index contributed by atoms with van der Waals surface area (Å²) in [6.07, 6.45) is 4.78. The highest BCUT2D eigenvalue weighted by Gasteiger charge is 2.33. The van der Waals surface area contributed by atoms with Crippen molar-refractivity contribution in [2.24, 2.45) is 23.7 Å². The molecule has 0 aromatic carbocycles. The van der Waals surface area contributed by atoms with Gasteiger partial charge in [0.1, 0.15) is 0 Å². The van der Waals surface area contributed by atoms with Crippen molar-refractivity contribution in [3.05, 3.63) is 0 Å². The Morgan fingerprint density at radius 3 is 1.86 bits per heavy atom. The fourth-order valence-corrected chi connectivity index (χ4v) is 3.35. The molecule has 0 heterocycles. The van der Waals surface area contributed by atoms with E-state index in [9.17, 15) is 5.11 Å². The highest BCUT2D eigenvalue weighted by atomic mass is 16.3. The second-order valence-electron chi connectivity index (χ2n) is 5.58. The van der Waals surface area contributed by atoms with Crippen molar-refractivity contribution in [3.63, 3.8) is 0 Å². The molecule has 1 N–H and O–H groups in total. The smallest absolute Gasteiger partial charge is 0.0571 e. The van der Waals surface area contributed by atoms with Crippen molar-refractivity contribution in [3.8, 4) is 0 Å². The first-order valence-electron chi connectivity index (χ1n) is 6.22. The van der Waals surface area contributed by atoms with Gasteiger partial charge in [-0.15, -0.1) is 0 Å². The zero-order valence-electron chi connectivity index (χ0n) is 10.2. The molecule has 2 atom stereocenters. The average molecular weight is 198 g/mol. The van der Waals surface area contributed by atoms with Crippen LogP contribution in [0.25, 0.3) is 0 Å².